The molecule has 2 aromatic heterocycles. The molecule has 7 heteroatoms. The number of hydrogen-bond acceptors (Lipinski definition) is 6. The van der Waals surface area contributed by atoms with Gasteiger partial charge in [-0.25, -0.2) is 0 Å². The summed E-state index contributed by atoms with van der Waals surface area (Å²) in [6, 6.07) is 5.81. The van der Waals surface area contributed by atoms with Gasteiger partial charge < -0.3 is 10.6 Å². The first-order valence-corrected chi connectivity index (χ1v) is 7.05. The highest BCUT2D eigenvalue weighted by Gasteiger charge is 2.23. The quantitative estimate of drug-likeness (QED) is 0.895. The van der Waals surface area contributed by atoms with Gasteiger partial charge in [-0.05, 0) is 38.3 Å². The van der Waals surface area contributed by atoms with Gasteiger partial charge >= 0.3 is 0 Å². The van der Waals surface area contributed by atoms with Crippen molar-refractivity contribution >= 4 is 11.6 Å². The molecule has 0 radical (unpaired) electrons. The molecule has 0 unspecified atom stereocenters. The number of aromatic nitrogens is 4. The van der Waals surface area contributed by atoms with Crippen molar-refractivity contribution in [1.29, 1.82) is 5.26 Å². The lowest BCUT2D eigenvalue weighted by Gasteiger charge is -2.26. The van der Waals surface area contributed by atoms with Crippen molar-refractivity contribution in [3.8, 4) is 11.9 Å². The van der Waals surface area contributed by atoms with E-state index in [1.165, 1.54) is 11.1 Å². The van der Waals surface area contributed by atoms with Crippen LogP contribution in [0.25, 0.3) is 5.82 Å². The van der Waals surface area contributed by atoms with Crippen LogP contribution in [0.3, 0.4) is 0 Å². The first kappa shape index (κ1) is 13.4. The van der Waals surface area contributed by atoms with Gasteiger partial charge in [-0.1, -0.05) is 0 Å². The normalized spacial score (nSPS) is 15.0. The van der Waals surface area contributed by atoms with E-state index < -0.39 is 0 Å². The maximum Gasteiger partial charge on any atom is 0.178 e. The second-order valence-corrected chi connectivity index (χ2v) is 5.19. The molecule has 1 fully saturated rings. The highest BCUT2D eigenvalue weighted by atomic mass is 15.4. The molecule has 1 saturated heterocycles. The summed E-state index contributed by atoms with van der Waals surface area (Å²) in [6.45, 7) is 3.68. The molecule has 0 saturated carbocycles. The van der Waals surface area contributed by atoms with E-state index in [0.29, 0.717) is 23.0 Å². The maximum absolute atomic E-state index is 9.39. The molecule has 3 rings (SSSR count). The first-order valence-electron chi connectivity index (χ1n) is 7.05. The molecule has 0 spiro atoms. The Kier molecular flexibility index (Phi) is 3.44. The topological polar surface area (TPSA) is 96.7 Å². The third-order valence-electron chi connectivity index (χ3n) is 3.67. The highest BCUT2D eigenvalue weighted by Crippen LogP contribution is 2.28. The smallest absolute Gasteiger partial charge is 0.178 e. The van der Waals surface area contributed by atoms with Crippen LogP contribution in [-0.4, -0.2) is 33.1 Å². The maximum atomic E-state index is 9.39. The van der Waals surface area contributed by atoms with Gasteiger partial charge in [0, 0.05) is 13.1 Å². The van der Waals surface area contributed by atoms with Gasteiger partial charge in [0.2, 0.25) is 0 Å². The molecule has 0 atom stereocenters. The van der Waals surface area contributed by atoms with Gasteiger partial charge in [0.15, 0.2) is 11.6 Å². The SMILES string of the molecule is Cc1ccc(-n2nc(N3CCCCC3)c(C#N)c2N)nn1. The van der Waals surface area contributed by atoms with Crippen LogP contribution in [0.5, 0.6) is 0 Å². The molecule has 1 aliphatic rings. The van der Waals surface area contributed by atoms with Crippen molar-refractivity contribution in [2.75, 3.05) is 23.7 Å². The Morgan fingerprint density at radius 2 is 1.95 bits per heavy atom. The van der Waals surface area contributed by atoms with Crippen LogP contribution in [0.1, 0.15) is 30.5 Å². The summed E-state index contributed by atoms with van der Waals surface area (Å²) >= 11 is 0. The molecule has 1 aliphatic heterocycles. The molecular formula is C14H17N7. The lowest BCUT2D eigenvalue weighted by atomic mass is 10.1. The summed E-state index contributed by atoms with van der Waals surface area (Å²) in [4.78, 5) is 2.12. The number of aryl methyl sites for hydroxylation is 1. The van der Waals surface area contributed by atoms with Crippen molar-refractivity contribution in [3.63, 3.8) is 0 Å². The minimum atomic E-state index is 0.316. The van der Waals surface area contributed by atoms with Crippen molar-refractivity contribution in [2.24, 2.45) is 0 Å². The van der Waals surface area contributed by atoms with Gasteiger partial charge in [0.05, 0.1) is 5.69 Å². The second kappa shape index (κ2) is 5.40. The summed E-state index contributed by atoms with van der Waals surface area (Å²) in [7, 11) is 0. The van der Waals surface area contributed by atoms with E-state index in [4.69, 9.17) is 5.73 Å². The van der Waals surface area contributed by atoms with Gasteiger partial charge in [0.1, 0.15) is 17.5 Å². The molecule has 0 aromatic carbocycles. The Hall–Kier alpha value is -2.62. The molecule has 0 bridgehead atoms. The van der Waals surface area contributed by atoms with Crippen molar-refractivity contribution in [1.82, 2.24) is 20.0 Å². The summed E-state index contributed by atoms with van der Waals surface area (Å²) in [5.74, 6) is 1.49. The van der Waals surface area contributed by atoms with Gasteiger partial charge in [0.25, 0.3) is 0 Å². The third-order valence-corrected chi connectivity index (χ3v) is 3.67. The van der Waals surface area contributed by atoms with Crippen LogP contribution in [0.15, 0.2) is 12.1 Å². The van der Waals surface area contributed by atoms with E-state index in [-0.39, 0.29) is 0 Å². The number of hydrogen-bond donors (Lipinski definition) is 1. The van der Waals surface area contributed by atoms with E-state index in [0.717, 1.165) is 31.6 Å². The summed E-state index contributed by atoms with van der Waals surface area (Å²) in [6.07, 6.45) is 3.45. The summed E-state index contributed by atoms with van der Waals surface area (Å²) in [5, 5.41) is 22.0. The van der Waals surface area contributed by atoms with Crippen LogP contribution in [0.2, 0.25) is 0 Å². The van der Waals surface area contributed by atoms with Crippen LogP contribution >= 0.6 is 0 Å². The Morgan fingerprint density at radius 1 is 1.19 bits per heavy atom. The molecule has 3 heterocycles. The van der Waals surface area contributed by atoms with Crippen LogP contribution < -0.4 is 10.6 Å². The first-order chi connectivity index (χ1) is 10.2. The highest BCUT2D eigenvalue weighted by molar-refractivity contribution is 5.66. The summed E-state index contributed by atoms with van der Waals surface area (Å²) < 4.78 is 1.49. The van der Waals surface area contributed by atoms with E-state index in [2.05, 4.69) is 26.3 Å². The number of nitrogen functional groups attached to an aromatic ring is 1. The van der Waals surface area contributed by atoms with Crippen molar-refractivity contribution in [3.05, 3.63) is 23.4 Å². The van der Waals surface area contributed by atoms with Crippen LogP contribution in [-0.2, 0) is 0 Å². The Bertz CT molecular complexity index is 675. The fourth-order valence-electron chi connectivity index (χ4n) is 2.53. The monoisotopic (exact) mass is 283 g/mol. The number of rotatable bonds is 2. The fraction of sp³-hybridized carbons (Fsp3) is 0.429. The number of anilines is 2. The third kappa shape index (κ3) is 2.40. The molecule has 0 aliphatic carbocycles. The van der Waals surface area contributed by atoms with Crippen molar-refractivity contribution < 1.29 is 0 Å². The van der Waals surface area contributed by atoms with Gasteiger partial charge in [-0.2, -0.15) is 15.0 Å². The Labute approximate surface area is 123 Å². The molecular weight excluding hydrogens is 266 g/mol. The lowest BCUT2D eigenvalue weighted by Crippen LogP contribution is -2.30. The van der Waals surface area contributed by atoms with Gasteiger partial charge in [-0.15, -0.1) is 10.2 Å². The number of nitriles is 1. The zero-order valence-corrected chi connectivity index (χ0v) is 12.0. The second-order valence-electron chi connectivity index (χ2n) is 5.19. The molecule has 0 amide bonds. The number of nitrogens with two attached hydrogens (primary N) is 1. The average Bonchev–Trinajstić information content (AvgIpc) is 2.86. The minimum Gasteiger partial charge on any atom is -0.382 e. The predicted octanol–water partition coefficient (Wildman–Crippen LogP) is 1.41. The molecule has 2 aromatic rings. The van der Waals surface area contributed by atoms with E-state index in [1.54, 1.807) is 6.07 Å². The fourth-order valence-corrected chi connectivity index (χ4v) is 2.53. The zero-order valence-electron chi connectivity index (χ0n) is 12.0. The van der Waals surface area contributed by atoms with E-state index in [1.807, 2.05) is 13.0 Å². The Morgan fingerprint density at radius 3 is 2.57 bits per heavy atom. The largest absolute Gasteiger partial charge is 0.382 e. The molecule has 7 nitrogen and oxygen atoms in total. The van der Waals surface area contributed by atoms with E-state index in [9.17, 15) is 5.26 Å². The van der Waals surface area contributed by atoms with Crippen molar-refractivity contribution in [2.45, 2.75) is 26.2 Å². The standard InChI is InChI=1S/C14H17N7/c1-10-5-6-12(18-17-10)21-13(16)11(9-15)14(19-21)20-7-3-2-4-8-20/h5-6H,2-4,7-8,16H2,1H3. The average molecular weight is 283 g/mol. The molecule has 108 valence electrons. The number of nitrogens with zero attached hydrogens (tertiary/aromatic N) is 6. The zero-order chi connectivity index (χ0) is 14.8. The minimum absolute atomic E-state index is 0.316. The molecule has 2 N–H and O–H groups in total. The lowest BCUT2D eigenvalue weighted by molar-refractivity contribution is 0.571. The predicted molar refractivity (Wildman–Crippen MR) is 79.1 cm³/mol. The molecule has 21 heavy (non-hydrogen) atoms. The van der Waals surface area contributed by atoms with Crippen LogP contribution in [0, 0.1) is 18.3 Å². The van der Waals surface area contributed by atoms with Crippen LogP contribution in [0.4, 0.5) is 11.6 Å². The summed E-state index contributed by atoms with van der Waals surface area (Å²) in [5.41, 5.74) is 7.31. The van der Waals surface area contributed by atoms with Gasteiger partial charge in [-0.3, -0.25) is 0 Å². The van der Waals surface area contributed by atoms with E-state index >= 15 is 0 Å². The number of piperidine rings is 1. The Balaban J connectivity index is 2.04.